The number of hydrogen-bond donors (Lipinski definition) is 1. The van der Waals surface area contributed by atoms with Gasteiger partial charge in [0.1, 0.15) is 11.5 Å². The number of benzene rings is 4. The molecular weight excluding hydrogens is 577 g/mol. The van der Waals surface area contributed by atoms with Gasteiger partial charge in [-0.25, -0.2) is 14.8 Å². The van der Waals surface area contributed by atoms with Crippen LogP contribution in [0.3, 0.4) is 0 Å². The van der Waals surface area contributed by atoms with Crippen LogP contribution in [0.25, 0.3) is 33.5 Å². The lowest BCUT2D eigenvalue weighted by molar-refractivity contribution is -0.123. The summed E-state index contributed by atoms with van der Waals surface area (Å²) in [6.45, 7) is 1.47. The molecule has 1 heterocycles. The summed E-state index contributed by atoms with van der Waals surface area (Å²) in [6, 6.07) is 24.6. The van der Waals surface area contributed by atoms with Crippen LogP contribution in [-0.4, -0.2) is 42.2 Å². The third-order valence-corrected chi connectivity index (χ3v) is 7.02. The van der Waals surface area contributed by atoms with E-state index in [1.165, 1.54) is 13.0 Å². The van der Waals surface area contributed by atoms with E-state index in [1.807, 2.05) is 48.5 Å². The van der Waals surface area contributed by atoms with Gasteiger partial charge >= 0.3 is 5.97 Å². The van der Waals surface area contributed by atoms with Crippen LogP contribution < -0.4 is 14.8 Å². The summed E-state index contributed by atoms with van der Waals surface area (Å²) in [4.78, 5) is 35.5. The number of methoxy groups -OCH3 is 2. The van der Waals surface area contributed by atoms with Gasteiger partial charge in [0, 0.05) is 16.1 Å². The summed E-state index contributed by atoms with van der Waals surface area (Å²) in [7, 11) is 3.21. The molecule has 0 radical (unpaired) electrons. The van der Waals surface area contributed by atoms with Crippen molar-refractivity contribution in [2.75, 3.05) is 19.5 Å². The number of halogens is 2. The van der Waals surface area contributed by atoms with Crippen LogP contribution in [0.1, 0.15) is 17.3 Å². The second-order valence-electron chi connectivity index (χ2n) is 9.24. The molecule has 0 aliphatic rings. The Morgan fingerprint density at radius 1 is 0.738 bits per heavy atom. The predicted molar refractivity (Wildman–Crippen MR) is 163 cm³/mol. The van der Waals surface area contributed by atoms with Crippen molar-refractivity contribution in [3.8, 4) is 34.0 Å². The second-order valence-corrected chi connectivity index (χ2v) is 10.1. The average molecular weight is 602 g/mol. The summed E-state index contributed by atoms with van der Waals surface area (Å²) in [5.74, 6) is 0.203. The molecular formula is C32H25Cl2N3O5. The van der Waals surface area contributed by atoms with Gasteiger partial charge in [-0.15, -0.1) is 0 Å². The average Bonchev–Trinajstić information content (AvgIpc) is 3.01. The van der Waals surface area contributed by atoms with Crippen LogP contribution in [0.15, 0.2) is 84.9 Å². The Bertz CT molecular complexity index is 1780. The van der Waals surface area contributed by atoms with Crippen LogP contribution in [-0.2, 0) is 9.53 Å². The lowest BCUT2D eigenvalue weighted by Gasteiger charge is -2.15. The number of aromatic nitrogens is 2. The molecule has 5 aromatic rings. The van der Waals surface area contributed by atoms with E-state index in [9.17, 15) is 9.59 Å². The Labute approximate surface area is 252 Å². The maximum atomic E-state index is 13.0. The monoisotopic (exact) mass is 601 g/mol. The molecule has 1 amide bonds. The Hall–Kier alpha value is -4.66. The molecule has 0 fully saturated rings. The first-order chi connectivity index (χ1) is 20.2. The number of amides is 1. The van der Waals surface area contributed by atoms with E-state index >= 15 is 0 Å². The number of nitrogens with one attached hydrogen (secondary N) is 1. The highest BCUT2D eigenvalue weighted by atomic mass is 35.5. The lowest BCUT2D eigenvalue weighted by Crippen LogP contribution is -2.30. The van der Waals surface area contributed by atoms with Crippen LogP contribution in [0.4, 0.5) is 5.69 Å². The van der Waals surface area contributed by atoms with Crippen molar-refractivity contribution in [1.82, 2.24) is 9.97 Å². The standard InChI is InChI=1S/C32H25Cl2N3O5/c1-18(31(38)37-26-15-9-22(33)17-25(26)34)42-32(39)21-8-14-27-28(16-21)36-30(20-6-12-24(41-3)13-7-20)29(35-27)19-4-10-23(40-2)11-5-19/h4-18H,1-3H3,(H,37,38). The Morgan fingerprint density at radius 3 is 1.86 bits per heavy atom. The van der Waals surface area contributed by atoms with Gasteiger partial charge in [0.15, 0.2) is 6.10 Å². The fourth-order valence-corrected chi connectivity index (χ4v) is 4.64. The molecule has 1 N–H and O–H groups in total. The quantitative estimate of drug-likeness (QED) is 0.184. The zero-order valence-electron chi connectivity index (χ0n) is 22.9. The third kappa shape index (κ3) is 6.30. The van der Waals surface area contributed by atoms with E-state index in [0.717, 1.165) is 16.9 Å². The number of esters is 1. The minimum absolute atomic E-state index is 0.221. The molecule has 0 bridgehead atoms. The van der Waals surface area contributed by atoms with Crippen molar-refractivity contribution >= 4 is 51.8 Å². The van der Waals surface area contributed by atoms with Crippen LogP contribution in [0.2, 0.25) is 10.0 Å². The summed E-state index contributed by atoms with van der Waals surface area (Å²) in [5, 5.41) is 3.34. The molecule has 0 spiro atoms. The molecule has 5 rings (SSSR count). The summed E-state index contributed by atoms with van der Waals surface area (Å²) in [6.07, 6.45) is -1.10. The number of hydrogen-bond acceptors (Lipinski definition) is 7. The van der Waals surface area contributed by atoms with Crippen molar-refractivity contribution in [2.45, 2.75) is 13.0 Å². The molecule has 8 nitrogen and oxygen atoms in total. The molecule has 0 aliphatic carbocycles. The van der Waals surface area contributed by atoms with E-state index in [2.05, 4.69) is 5.32 Å². The van der Waals surface area contributed by atoms with Gasteiger partial charge in [0.05, 0.1) is 52.9 Å². The van der Waals surface area contributed by atoms with Crippen molar-refractivity contribution in [1.29, 1.82) is 0 Å². The van der Waals surface area contributed by atoms with E-state index < -0.39 is 18.0 Å². The molecule has 1 atom stereocenters. The highest BCUT2D eigenvalue weighted by Crippen LogP contribution is 2.33. The minimum Gasteiger partial charge on any atom is -0.497 e. The first kappa shape index (κ1) is 28.9. The van der Waals surface area contributed by atoms with Gasteiger partial charge in [-0.1, -0.05) is 23.2 Å². The van der Waals surface area contributed by atoms with E-state index in [4.69, 9.17) is 47.4 Å². The number of carbonyl (C=O) groups excluding carboxylic acids is 2. The Balaban J connectivity index is 1.45. The number of anilines is 1. The zero-order valence-corrected chi connectivity index (χ0v) is 24.4. The van der Waals surface area contributed by atoms with E-state index in [-0.39, 0.29) is 10.6 Å². The molecule has 10 heteroatoms. The summed E-state index contributed by atoms with van der Waals surface area (Å²) >= 11 is 12.1. The van der Waals surface area contributed by atoms with Gasteiger partial charge in [-0.05, 0) is 91.9 Å². The molecule has 1 aromatic heterocycles. The van der Waals surface area contributed by atoms with Gasteiger partial charge < -0.3 is 19.5 Å². The van der Waals surface area contributed by atoms with Crippen molar-refractivity contribution in [2.24, 2.45) is 0 Å². The molecule has 42 heavy (non-hydrogen) atoms. The van der Waals surface area contributed by atoms with Crippen LogP contribution in [0.5, 0.6) is 11.5 Å². The van der Waals surface area contributed by atoms with Crippen molar-refractivity contribution < 1.29 is 23.8 Å². The third-order valence-electron chi connectivity index (χ3n) is 6.47. The molecule has 0 saturated carbocycles. The van der Waals surface area contributed by atoms with Crippen LogP contribution in [0, 0.1) is 0 Å². The molecule has 4 aromatic carbocycles. The smallest absolute Gasteiger partial charge is 0.338 e. The number of rotatable bonds is 8. The molecule has 0 saturated heterocycles. The van der Waals surface area contributed by atoms with E-state index in [1.54, 1.807) is 44.6 Å². The number of ether oxygens (including phenoxy) is 3. The normalized spacial score (nSPS) is 11.5. The highest BCUT2D eigenvalue weighted by Gasteiger charge is 2.21. The largest absolute Gasteiger partial charge is 0.497 e. The van der Waals surface area contributed by atoms with Crippen LogP contribution >= 0.6 is 23.2 Å². The molecule has 212 valence electrons. The van der Waals surface area contributed by atoms with Crippen molar-refractivity contribution in [3.05, 3.63) is 101 Å². The van der Waals surface area contributed by atoms with E-state index in [0.29, 0.717) is 38.9 Å². The maximum Gasteiger partial charge on any atom is 0.338 e. The SMILES string of the molecule is COc1ccc(-c2nc3ccc(C(=O)OC(C)C(=O)Nc4ccc(Cl)cc4Cl)cc3nc2-c2ccc(OC)cc2)cc1. The zero-order chi connectivity index (χ0) is 29.8. The first-order valence-corrected chi connectivity index (χ1v) is 13.6. The topological polar surface area (TPSA) is 99.6 Å². The summed E-state index contributed by atoms with van der Waals surface area (Å²) in [5.41, 5.74) is 4.59. The predicted octanol–water partition coefficient (Wildman–Crippen LogP) is 7.47. The van der Waals surface area contributed by atoms with Gasteiger partial charge in [0.2, 0.25) is 0 Å². The number of fused-ring (bicyclic) bond motifs is 1. The second kappa shape index (κ2) is 12.5. The summed E-state index contributed by atoms with van der Waals surface area (Å²) < 4.78 is 16.1. The highest BCUT2D eigenvalue weighted by molar-refractivity contribution is 6.36. The first-order valence-electron chi connectivity index (χ1n) is 12.8. The number of carbonyl (C=O) groups is 2. The Morgan fingerprint density at radius 2 is 1.31 bits per heavy atom. The molecule has 0 aliphatic heterocycles. The van der Waals surface area contributed by atoms with Gasteiger partial charge in [-0.3, -0.25) is 4.79 Å². The van der Waals surface area contributed by atoms with Crippen molar-refractivity contribution in [3.63, 3.8) is 0 Å². The van der Waals surface area contributed by atoms with Gasteiger partial charge in [-0.2, -0.15) is 0 Å². The molecule has 1 unspecified atom stereocenters. The lowest BCUT2D eigenvalue weighted by atomic mass is 10.0. The minimum atomic E-state index is -1.10. The Kier molecular flexibility index (Phi) is 8.56. The fourth-order valence-electron chi connectivity index (χ4n) is 4.19. The fraction of sp³-hybridized carbons (Fsp3) is 0.125. The number of nitrogens with zero attached hydrogens (tertiary/aromatic N) is 2. The van der Waals surface area contributed by atoms with Gasteiger partial charge in [0.25, 0.3) is 5.91 Å². The maximum absolute atomic E-state index is 13.0.